The van der Waals surface area contributed by atoms with Crippen molar-refractivity contribution in [1.29, 1.82) is 0 Å². The van der Waals surface area contributed by atoms with Crippen LogP contribution < -0.4 is 5.73 Å². The number of hydrogen-bond donors (Lipinski definition) is 1. The first-order valence-corrected chi connectivity index (χ1v) is 6.20. The molecule has 74 valence electrons. The highest BCUT2D eigenvalue weighted by molar-refractivity contribution is 7.91. The van der Waals surface area contributed by atoms with E-state index in [-0.39, 0.29) is 5.92 Å². The molecule has 4 heteroatoms. The fourth-order valence-corrected chi connectivity index (χ4v) is 2.88. The molecule has 0 radical (unpaired) electrons. The Morgan fingerprint density at radius 3 is 2.25 bits per heavy atom. The van der Waals surface area contributed by atoms with Gasteiger partial charge in [0, 0.05) is 0 Å². The predicted octanol–water partition coefficient (Wildman–Crippen LogP) is 0.796. The quantitative estimate of drug-likeness (QED) is 0.635. The lowest BCUT2D eigenvalue weighted by Gasteiger charge is -2.05. The zero-order valence-electron chi connectivity index (χ0n) is 7.91. The molecule has 0 unspecified atom stereocenters. The third kappa shape index (κ3) is 6.61. The Bertz CT molecular complexity index is 197. The standard InChI is InChI=1S/C8H19NO2S/c1-8(2)7-12(10,11)6-4-3-5-9/h8H,3-7,9H2,1-2H3. The molecule has 2 N–H and O–H groups in total. The van der Waals surface area contributed by atoms with Crippen molar-refractivity contribution in [3.8, 4) is 0 Å². The van der Waals surface area contributed by atoms with E-state index >= 15 is 0 Å². The van der Waals surface area contributed by atoms with Crippen molar-refractivity contribution in [2.24, 2.45) is 11.7 Å². The second kappa shape index (κ2) is 5.54. The van der Waals surface area contributed by atoms with Gasteiger partial charge in [0.2, 0.25) is 0 Å². The molecule has 0 aromatic carbocycles. The average Bonchev–Trinajstić information content (AvgIpc) is 1.84. The van der Waals surface area contributed by atoms with E-state index in [1.54, 1.807) is 0 Å². The molecule has 0 saturated carbocycles. The highest BCUT2D eigenvalue weighted by Gasteiger charge is 2.11. The van der Waals surface area contributed by atoms with Crippen LogP contribution in [0.1, 0.15) is 26.7 Å². The summed E-state index contributed by atoms with van der Waals surface area (Å²) in [5.74, 6) is 0.827. The molecule has 0 aliphatic heterocycles. The maximum absolute atomic E-state index is 11.3. The molecule has 0 bridgehead atoms. The Hall–Kier alpha value is -0.0900. The van der Waals surface area contributed by atoms with E-state index in [0.29, 0.717) is 24.5 Å². The molecule has 0 saturated heterocycles. The molecule has 12 heavy (non-hydrogen) atoms. The summed E-state index contributed by atoms with van der Waals surface area (Å²) in [6, 6.07) is 0. The van der Waals surface area contributed by atoms with Crippen molar-refractivity contribution in [3.05, 3.63) is 0 Å². The topological polar surface area (TPSA) is 60.2 Å². The van der Waals surface area contributed by atoms with Gasteiger partial charge in [-0.1, -0.05) is 13.8 Å². The number of nitrogens with two attached hydrogens (primary N) is 1. The summed E-state index contributed by atoms with van der Waals surface area (Å²) in [5, 5.41) is 0. The summed E-state index contributed by atoms with van der Waals surface area (Å²) in [6.07, 6.45) is 1.50. The van der Waals surface area contributed by atoms with Gasteiger partial charge in [0.1, 0.15) is 0 Å². The van der Waals surface area contributed by atoms with Crippen molar-refractivity contribution in [3.63, 3.8) is 0 Å². The van der Waals surface area contributed by atoms with Gasteiger partial charge in [-0.15, -0.1) is 0 Å². The van der Waals surface area contributed by atoms with E-state index in [4.69, 9.17) is 5.73 Å². The first kappa shape index (κ1) is 11.9. The van der Waals surface area contributed by atoms with Gasteiger partial charge in [0.05, 0.1) is 11.5 Å². The lowest BCUT2D eigenvalue weighted by Crippen LogP contribution is -2.16. The van der Waals surface area contributed by atoms with Gasteiger partial charge in [0.15, 0.2) is 9.84 Å². The maximum atomic E-state index is 11.3. The van der Waals surface area contributed by atoms with Crippen LogP contribution in [0.2, 0.25) is 0 Å². The first-order chi connectivity index (χ1) is 5.48. The summed E-state index contributed by atoms with van der Waals surface area (Å²) in [7, 11) is -2.81. The lowest BCUT2D eigenvalue weighted by atomic mass is 10.3. The molecule has 0 fully saturated rings. The Labute approximate surface area is 75.3 Å². The van der Waals surface area contributed by atoms with Crippen LogP contribution in [0.3, 0.4) is 0 Å². The van der Waals surface area contributed by atoms with Gasteiger partial charge in [-0.2, -0.15) is 0 Å². The molecule has 0 aliphatic rings. The van der Waals surface area contributed by atoms with Crippen LogP contribution in [-0.2, 0) is 9.84 Å². The fraction of sp³-hybridized carbons (Fsp3) is 1.00. The van der Waals surface area contributed by atoms with Gasteiger partial charge in [-0.25, -0.2) is 8.42 Å². The van der Waals surface area contributed by atoms with Crippen molar-refractivity contribution < 1.29 is 8.42 Å². The molecule has 3 nitrogen and oxygen atoms in total. The minimum atomic E-state index is -2.81. The Balaban J connectivity index is 3.73. The number of unbranched alkanes of at least 4 members (excludes halogenated alkanes) is 1. The van der Waals surface area contributed by atoms with Crippen molar-refractivity contribution in [1.82, 2.24) is 0 Å². The normalized spacial score (nSPS) is 12.3. The summed E-state index contributed by atoms with van der Waals surface area (Å²) < 4.78 is 22.5. The van der Waals surface area contributed by atoms with Crippen LogP contribution >= 0.6 is 0 Å². The van der Waals surface area contributed by atoms with E-state index in [2.05, 4.69) is 0 Å². The lowest BCUT2D eigenvalue weighted by molar-refractivity contribution is 0.578. The van der Waals surface area contributed by atoms with Crippen LogP contribution in [0.4, 0.5) is 0 Å². The Morgan fingerprint density at radius 1 is 1.25 bits per heavy atom. The molecule has 0 aromatic rings. The molecular weight excluding hydrogens is 174 g/mol. The summed E-state index contributed by atoms with van der Waals surface area (Å²) in [4.78, 5) is 0. The molecule has 0 aliphatic carbocycles. The van der Waals surface area contributed by atoms with Crippen LogP contribution in [0, 0.1) is 5.92 Å². The zero-order chi connectivity index (χ0) is 9.61. The van der Waals surface area contributed by atoms with Gasteiger partial charge >= 0.3 is 0 Å². The molecule has 0 aromatic heterocycles. The van der Waals surface area contributed by atoms with Crippen LogP contribution in [-0.4, -0.2) is 26.5 Å². The van der Waals surface area contributed by atoms with E-state index in [1.165, 1.54) is 0 Å². The highest BCUT2D eigenvalue weighted by atomic mass is 32.2. The van der Waals surface area contributed by atoms with E-state index < -0.39 is 9.84 Å². The SMILES string of the molecule is CC(C)CS(=O)(=O)CCCCN. The molecule has 0 spiro atoms. The highest BCUT2D eigenvalue weighted by Crippen LogP contribution is 2.03. The molecular formula is C8H19NO2S. The van der Waals surface area contributed by atoms with Gasteiger partial charge < -0.3 is 5.73 Å². The third-order valence-corrected chi connectivity index (χ3v) is 3.58. The van der Waals surface area contributed by atoms with Crippen LogP contribution in [0.15, 0.2) is 0 Å². The number of sulfone groups is 1. The third-order valence-electron chi connectivity index (χ3n) is 1.50. The van der Waals surface area contributed by atoms with E-state index in [0.717, 1.165) is 6.42 Å². The monoisotopic (exact) mass is 193 g/mol. The molecule has 0 atom stereocenters. The largest absolute Gasteiger partial charge is 0.330 e. The second-order valence-corrected chi connectivity index (χ2v) is 5.73. The maximum Gasteiger partial charge on any atom is 0.150 e. The van der Waals surface area contributed by atoms with Crippen LogP contribution in [0.25, 0.3) is 0 Å². The van der Waals surface area contributed by atoms with Crippen molar-refractivity contribution >= 4 is 9.84 Å². The Morgan fingerprint density at radius 2 is 1.83 bits per heavy atom. The van der Waals surface area contributed by atoms with Gasteiger partial charge in [0.25, 0.3) is 0 Å². The van der Waals surface area contributed by atoms with Gasteiger partial charge in [-0.3, -0.25) is 0 Å². The molecule has 0 heterocycles. The van der Waals surface area contributed by atoms with Gasteiger partial charge in [-0.05, 0) is 25.3 Å². The molecule has 0 rings (SSSR count). The average molecular weight is 193 g/mol. The molecule has 0 amide bonds. The summed E-state index contributed by atoms with van der Waals surface area (Å²) >= 11 is 0. The minimum absolute atomic E-state index is 0.230. The number of hydrogen-bond acceptors (Lipinski definition) is 3. The van der Waals surface area contributed by atoms with E-state index in [9.17, 15) is 8.42 Å². The van der Waals surface area contributed by atoms with Crippen LogP contribution in [0.5, 0.6) is 0 Å². The Kier molecular flexibility index (Phi) is 5.50. The first-order valence-electron chi connectivity index (χ1n) is 4.38. The zero-order valence-corrected chi connectivity index (χ0v) is 8.73. The predicted molar refractivity (Wildman–Crippen MR) is 51.8 cm³/mol. The fourth-order valence-electron chi connectivity index (χ4n) is 1.06. The van der Waals surface area contributed by atoms with Crippen molar-refractivity contribution in [2.75, 3.05) is 18.1 Å². The smallest absolute Gasteiger partial charge is 0.150 e. The van der Waals surface area contributed by atoms with Crippen molar-refractivity contribution in [2.45, 2.75) is 26.7 Å². The second-order valence-electron chi connectivity index (χ2n) is 3.50. The van der Waals surface area contributed by atoms with E-state index in [1.807, 2.05) is 13.8 Å². The summed E-state index contributed by atoms with van der Waals surface area (Å²) in [6.45, 7) is 4.41. The number of rotatable bonds is 6. The summed E-state index contributed by atoms with van der Waals surface area (Å²) in [5.41, 5.74) is 5.26. The minimum Gasteiger partial charge on any atom is -0.330 e.